The van der Waals surface area contributed by atoms with Gasteiger partial charge in [0, 0.05) is 22.4 Å². The van der Waals surface area contributed by atoms with Crippen molar-refractivity contribution in [3.05, 3.63) is 41.2 Å². The summed E-state index contributed by atoms with van der Waals surface area (Å²) in [5.74, 6) is 0. The average Bonchev–Trinajstić information content (AvgIpc) is 2.26. The van der Waals surface area contributed by atoms with Gasteiger partial charge in [-0.25, -0.2) is 4.79 Å². The fourth-order valence-corrected chi connectivity index (χ4v) is 2.43. The maximum absolute atomic E-state index is 11.6. The predicted octanol–water partition coefficient (Wildman–Crippen LogP) is 4.24. The van der Waals surface area contributed by atoms with Crippen LogP contribution in [-0.4, -0.2) is 26.6 Å². The second-order valence-corrected chi connectivity index (χ2v) is 6.22. The molecule has 0 aromatic carbocycles. The van der Waals surface area contributed by atoms with Crippen LogP contribution in [-0.2, 0) is 0 Å². The van der Waals surface area contributed by atoms with Crippen LogP contribution in [0.2, 0.25) is 0 Å². The maximum Gasteiger partial charge on any atom is 0.408 e. The van der Waals surface area contributed by atoms with E-state index in [9.17, 15) is 9.90 Å². The molecule has 0 bridgehead atoms. The molecule has 0 aliphatic heterocycles. The molecule has 0 aliphatic carbocycles. The van der Waals surface area contributed by atoms with E-state index < -0.39 is 11.6 Å². The number of amides is 1. The summed E-state index contributed by atoms with van der Waals surface area (Å²) < 4.78 is 0.832. The number of nitrogens with zero attached hydrogens (tertiary/aromatic N) is 2. The van der Waals surface area contributed by atoms with E-state index in [2.05, 4.69) is 27.5 Å². The minimum atomic E-state index is -0.945. The first-order valence-electron chi connectivity index (χ1n) is 6.01. The Hall–Kier alpha value is -1.36. The Bertz CT molecular complexity index is 469. The van der Waals surface area contributed by atoms with Gasteiger partial charge in [0.15, 0.2) is 0 Å². The van der Waals surface area contributed by atoms with Crippen LogP contribution < -0.4 is 0 Å². The largest absolute Gasteiger partial charge is 0.465 e. The van der Waals surface area contributed by atoms with Crippen molar-refractivity contribution in [2.24, 2.45) is 0 Å². The van der Waals surface area contributed by atoms with Gasteiger partial charge in [0.05, 0.1) is 6.04 Å². The van der Waals surface area contributed by atoms with Crippen LogP contribution >= 0.6 is 15.9 Å². The maximum atomic E-state index is 11.6. The zero-order valence-corrected chi connectivity index (χ0v) is 13.0. The first kappa shape index (κ1) is 15.7. The van der Waals surface area contributed by atoms with Crippen molar-refractivity contribution < 1.29 is 9.90 Å². The number of halogens is 1. The topological polar surface area (TPSA) is 53.4 Å². The first-order valence-corrected chi connectivity index (χ1v) is 6.80. The van der Waals surface area contributed by atoms with Gasteiger partial charge in [-0.05, 0) is 54.8 Å². The van der Waals surface area contributed by atoms with Crippen LogP contribution in [0.15, 0.2) is 35.6 Å². The van der Waals surface area contributed by atoms with Crippen molar-refractivity contribution >= 4 is 22.0 Å². The Morgan fingerprint density at radius 3 is 2.63 bits per heavy atom. The summed E-state index contributed by atoms with van der Waals surface area (Å²) >= 11 is 3.36. The van der Waals surface area contributed by atoms with Crippen LogP contribution in [0.1, 0.15) is 38.8 Å². The Kier molecular flexibility index (Phi) is 5.11. The van der Waals surface area contributed by atoms with E-state index in [0.717, 1.165) is 10.0 Å². The molecule has 1 N–H and O–H groups in total. The van der Waals surface area contributed by atoms with E-state index in [1.807, 2.05) is 26.8 Å². The van der Waals surface area contributed by atoms with Crippen molar-refractivity contribution in [1.82, 2.24) is 9.88 Å². The Labute approximate surface area is 122 Å². The van der Waals surface area contributed by atoms with E-state index >= 15 is 0 Å². The summed E-state index contributed by atoms with van der Waals surface area (Å²) in [6.45, 7) is 9.35. The third-order valence-corrected chi connectivity index (χ3v) is 3.17. The van der Waals surface area contributed by atoms with Crippen LogP contribution in [0, 0.1) is 0 Å². The highest BCUT2D eigenvalue weighted by Crippen LogP contribution is 2.32. The average molecular weight is 327 g/mol. The Morgan fingerprint density at radius 2 is 2.21 bits per heavy atom. The summed E-state index contributed by atoms with van der Waals surface area (Å²) in [6, 6.07) is 1.60. The van der Waals surface area contributed by atoms with Gasteiger partial charge in [0.2, 0.25) is 0 Å². The molecule has 0 spiro atoms. The van der Waals surface area contributed by atoms with E-state index in [0.29, 0.717) is 6.42 Å². The molecule has 0 aliphatic rings. The lowest BCUT2D eigenvalue weighted by Gasteiger charge is -2.39. The summed E-state index contributed by atoms with van der Waals surface area (Å²) in [5.41, 5.74) is 0.355. The van der Waals surface area contributed by atoms with Crippen molar-refractivity contribution in [3.63, 3.8) is 0 Å². The summed E-state index contributed by atoms with van der Waals surface area (Å²) in [5, 5.41) is 9.50. The molecule has 1 rings (SSSR count). The molecule has 0 saturated carbocycles. The molecule has 4 nitrogen and oxygen atoms in total. The lowest BCUT2D eigenvalue weighted by Crippen LogP contribution is -2.47. The van der Waals surface area contributed by atoms with Gasteiger partial charge in [-0.3, -0.25) is 9.88 Å². The second kappa shape index (κ2) is 6.19. The molecular weight excluding hydrogens is 308 g/mol. The number of hydrogen-bond donors (Lipinski definition) is 1. The van der Waals surface area contributed by atoms with Gasteiger partial charge < -0.3 is 5.11 Å². The van der Waals surface area contributed by atoms with Gasteiger partial charge in [-0.1, -0.05) is 6.08 Å². The quantitative estimate of drug-likeness (QED) is 0.842. The van der Waals surface area contributed by atoms with Gasteiger partial charge in [0.1, 0.15) is 0 Å². The van der Waals surface area contributed by atoms with Crippen molar-refractivity contribution in [2.75, 3.05) is 0 Å². The fourth-order valence-electron chi connectivity index (χ4n) is 2.05. The van der Waals surface area contributed by atoms with Gasteiger partial charge >= 0.3 is 6.09 Å². The monoisotopic (exact) mass is 326 g/mol. The van der Waals surface area contributed by atoms with Gasteiger partial charge in [0.25, 0.3) is 0 Å². The minimum absolute atomic E-state index is 0.292. The van der Waals surface area contributed by atoms with Crippen molar-refractivity contribution in [2.45, 2.75) is 38.8 Å². The van der Waals surface area contributed by atoms with E-state index in [4.69, 9.17) is 0 Å². The lowest BCUT2D eigenvalue weighted by molar-refractivity contribution is 0.0703. The zero-order chi connectivity index (χ0) is 14.6. The number of carbonyl (C=O) groups is 1. The molecule has 1 atom stereocenters. The molecule has 1 aromatic heterocycles. The highest BCUT2D eigenvalue weighted by atomic mass is 79.9. The molecular formula is C14H19BrN2O2. The molecule has 1 amide bonds. The number of rotatable bonds is 4. The first-order chi connectivity index (χ1) is 8.77. The molecule has 0 radical (unpaired) electrons. The molecule has 0 fully saturated rings. The van der Waals surface area contributed by atoms with Crippen LogP contribution in [0.3, 0.4) is 0 Å². The third kappa shape index (κ3) is 4.06. The van der Waals surface area contributed by atoms with E-state index in [1.165, 1.54) is 4.90 Å². The normalized spacial score (nSPS) is 12.8. The smallest absolute Gasteiger partial charge is 0.408 e. The highest BCUT2D eigenvalue weighted by molar-refractivity contribution is 9.10. The summed E-state index contributed by atoms with van der Waals surface area (Å²) in [7, 11) is 0. The summed E-state index contributed by atoms with van der Waals surface area (Å²) in [4.78, 5) is 17.1. The molecule has 104 valence electrons. The molecule has 5 heteroatoms. The molecule has 1 unspecified atom stereocenters. The Balaban J connectivity index is 3.25. The molecule has 1 heterocycles. The summed E-state index contributed by atoms with van der Waals surface area (Å²) in [6.07, 6.45) is 4.70. The highest BCUT2D eigenvalue weighted by Gasteiger charge is 2.33. The SMILES string of the molecule is C=CCC(c1cncc(Br)c1)N(C(=O)O)C(C)(C)C. The molecule has 1 aromatic rings. The Morgan fingerprint density at radius 1 is 1.58 bits per heavy atom. The number of pyridine rings is 1. The van der Waals surface area contributed by atoms with Crippen LogP contribution in [0.4, 0.5) is 4.79 Å². The van der Waals surface area contributed by atoms with Crippen LogP contribution in [0.5, 0.6) is 0 Å². The number of hydrogen-bond acceptors (Lipinski definition) is 2. The van der Waals surface area contributed by atoms with Crippen molar-refractivity contribution in [3.8, 4) is 0 Å². The standard InChI is InChI=1S/C14H19BrN2O2/c1-5-6-12(10-7-11(15)9-16-8-10)17(13(18)19)14(2,3)4/h5,7-9,12H,1,6H2,2-4H3,(H,18,19). The predicted molar refractivity (Wildman–Crippen MR) is 79.1 cm³/mol. The van der Waals surface area contributed by atoms with Crippen molar-refractivity contribution in [1.29, 1.82) is 0 Å². The number of carboxylic acid groups (broad SMARTS) is 1. The van der Waals surface area contributed by atoms with E-state index in [1.54, 1.807) is 18.5 Å². The lowest BCUT2D eigenvalue weighted by atomic mass is 9.97. The molecule has 0 saturated heterocycles. The molecule has 19 heavy (non-hydrogen) atoms. The minimum Gasteiger partial charge on any atom is -0.465 e. The van der Waals surface area contributed by atoms with Gasteiger partial charge in [-0.15, -0.1) is 6.58 Å². The zero-order valence-electron chi connectivity index (χ0n) is 11.4. The van der Waals surface area contributed by atoms with E-state index in [-0.39, 0.29) is 6.04 Å². The second-order valence-electron chi connectivity index (χ2n) is 5.30. The third-order valence-electron chi connectivity index (χ3n) is 2.74. The van der Waals surface area contributed by atoms with Crippen LogP contribution in [0.25, 0.3) is 0 Å². The fraction of sp³-hybridized carbons (Fsp3) is 0.429. The van der Waals surface area contributed by atoms with Gasteiger partial charge in [-0.2, -0.15) is 0 Å². The number of aromatic nitrogens is 1.